The topological polar surface area (TPSA) is 87.3 Å². The molecule has 0 aliphatic carbocycles. The van der Waals surface area contributed by atoms with E-state index >= 15 is 0 Å². The molecule has 1 aromatic carbocycles. The van der Waals surface area contributed by atoms with Crippen LogP contribution in [0.3, 0.4) is 0 Å². The maximum Gasteiger partial charge on any atom is 0.407 e. The minimum atomic E-state index is -0.617. The van der Waals surface area contributed by atoms with Crippen molar-refractivity contribution in [2.75, 3.05) is 13.7 Å². The molecule has 2 aromatic rings. The first kappa shape index (κ1) is 18.9. The molecule has 2 atom stereocenters. The van der Waals surface area contributed by atoms with E-state index < -0.39 is 12.1 Å². The number of alkyl carbamates (subject to hydrolysis) is 1. The van der Waals surface area contributed by atoms with Crippen LogP contribution in [0.2, 0.25) is 0 Å². The summed E-state index contributed by atoms with van der Waals surface area (Å²) in [5.74, 6) is 0.663. The lowest BCUT2D eigenvalue weighted by molar-refractivity contribution is -0.135. The SMILES string of the molecule is COC(=O)N[C@H](C(=O)N1CCCC1c1nc2ccc(I)cc2[nH]1)C(C)C. The first-order chi connectivity index (χ1) is 12.4. The molecule has 140 valence electrons. The Labute approximate surface area is 166 Å². The van der Waals surface area contributed by atoms with E-state index in [1.54, 1.807) is 0 Å². The third-order valence-electron chi connectivity index (χ3n) is 4.71. The van der Waals surface area contributed by atoms with Gasteiger partial charge in [-0.2, -0.15) is 0 Å². The predicted octanol–water partition coefficient (Wildman–Crippen LogP) is 3.21. The van der Waals surface area contributed by atoms with Gasteiger partial charge in [-0.15, -0.1) is 0 Å². The van der Waals surface area contributed by atoms with Gasteiger partial charge in [0, 0.05) is 10.1 Å². The zero-order chi connectivity index (χ0) is 18.8. The molecule has 0 saturated carbocycles. The summed E-state index contributed by atoms with van der Waals surface area (Å²) in [6.07, 6.45) is 1.17. The fourth-order valence-corrected chi connectivity index (χ4v) is 3.84. The summed E-state index contributed by atoms with van der Waals surface area (Å²) in [4.78, 5) is 34.6. The third kappa shape index (κ3) is 3.79. The van der Waals surface area contributed by atoms with Crippen LogP contribution in [0.25, 0.3) is 11.0 Å². The molecular weight excluding hydrogens is 447 g/mol. The number of fused-ring (bicyclic) bond motifs is 1. The molecule has 1 fully saturated rings. The number of carbonyl (C=O) groups excluding carboxylic acids is 2. The number of aromatic amines is 1. The Kier molecular flexibility index (Phi) is 5.69. The standard InChI is InChI=1S/C18H23IN4O3/c1-10(2)15(22-18(25)26-3)17(24)23-8-4-5-14(23)16-20-12-7-6-11(19)9-13(12)21-16/h6-7,9-10,14-15H,4-5,8H2,1-3H3,(H,20,21)(H,22,25)/t14?,15-/m0/s1. The Morgan fingerprint density at radius 2 is 2.19 bits per heavy atom. The Morgan fingerprint density at radius 1 is 1.42 bits per heavy atom. The highest BCUT2D eigenvalue weighted by Crippen LogP contribution is 2.32. The molecule has 1 unspecified atom stereocenters. The molecule has 1 saturated heterocycles. The number of halogens is 1. The van der Waals surface area contributed by atoms with Crippen molar-refractivity contribution in [2.24, 2.45) is 5.92 Å². The summed E-state index contributed by atoms with van der Waals surface area (Å²) in [6, 6.07) is 5.32. The fraction of sp³-hybridized carbons (Fsp3) is 0.500. The van der Waals surface area contributed by atoms with Gasteiger partial charge in [-0.25, -0.2) is 9.78 Å². The highest BCUT2D eigenvalue weighted by atomic mass is 127. The molecule has 1 aliphatic heterocycles. The number of aromatic nitrogens is 2. The van der Waals surface area contributed by atoms with Crippen LogP contribution in [0.1, 0.15) is 38.6 Å². The summed E-state index contributed by atoms with van der Waals surface area (Å²) < 4.78 is 5.80. The molecule has 1 aliphatic rings. The number of imidazole rings is 1. The molecule has 26 heavy (non-hydrogen) atoms. The highest BCUT2D eigenvalue weighted by molar-refractivity contribution is 14.1. The van der Waals surface area contributed by atoms with E-state index in [-0.39, 0.29) is 17.9 Å². The summed E-state index contributed by atoms with van der Waals surface area (Å²) in [5.41, 5.74) is 1.87. The van der Waals surface area contributed by atoms with Crippen LogP contribution in [0.15, 0.2) is 18.2 Å². The maximum atomic E-state index is 13.1. The number of hydrogen-bond acceptors (Lipinski definition) is 4. The van der Waals surface area contributed by atoms with E-state index in [9.17, 15) is 9.59 Å². The number of rotatable bonds is 4. The molecule has 3 rings (SSSR count). The minimum absolute atomic E-state index is 0.0416. The lowest BCUT2D eigenvalue weighted by Crippen LogP contribution is -2.51. The zero-order valence-corrected chi connectivity index (χ0v) is 17.2. The molecule has 8 heteroatoms. The number of nitrogens with zero attached hydrogens (tertiary/aromatic N) is 2. The van der Waals surface area contributed by atoms with E-state index in [1.807, 2.05) is 36.9 Å². The first-order valence-electron chi connectivity index (χ1n) is 8.71. The molecule has 0 spiro atoms. The average molecular weight is 470 g/mol. The summed E-state index contributed by atoms with van der Waals surface area (Å²) in [6.45, 7) is 4.48. The number of H-pyrrole nitrogens is 1. The number of ether oxygens (including phenoxy) is 1. The summed E-state index contributed by atoms with van der Waals surface area (Å²) in [5, 5.41) is 2.66. The molecule has 2 N–H and O–H groups in total. The molecule has 0 bridgehead atoms. The number of methoxy groups -OCH3 is 1. The Balaban J connectivity index is 1.85. The van der Waals surface area contributed by atoms with Gasteiger partial charge in [-0.1, -0.05) is 13.8 Å². The molecular formula is C18H23IN4O3. The largest absolute Gasteiger partial charge is 0.453 e. The lowest BCUT2D eigenvalue weighted by Gasteiger charge is -2.29. The van der Waals surface area contributed by atoms with Gasteiger partial charge in [0.1, 0.15) is 11.9 Å². The highest BCUT2D eigenvalue weighted by Gasteiger charge is 2.37. The number of hydrogen-bond donors (Lipinski definition) is 2. The Hall–Kier alpha value is -1.84. The van der Waals surface area contributed by atoms with E-state index in [4.69, 9.17) is 0 Å². The first-order valence-corrected chi connectivity index (χ1v) is 9.78. The van der Waals surface area contributed by atoms with Crippen LogP contribution in [0, 0.1) is 9.49 Å². The van der Waals surface area contributed by atoms with Crippen LogP contribution in [0.4, 0.5) is 4.79 Å². The average Bonchev–Trinajstić information content (AvgIpc) is 3.24. The summed E-state index contributed by atoms with van der Waals surface area (Å²) >= 11 is 2.27. The lowest BCUT2D eigenvalue weighted by atomic mass is 10.0. The molecule has 0 radical (unpaired) electrons. The Bertz CT molecular complexity index is 820. The Morgan fingerprint density at radius 3 is 2.88 bits per heavy atom. The minimum Gasteiger partial charge on any atom is -0.453 e. The molecule has 2 heterocycles. The quantitative estimate of drug-likeness (QED) is 0.672. The van der Waals surface area contributed by atoms with Gasteiger partial charge in [0.05, 0.1) is 24.2 Å². The number of carbonyl (C=O) groups is 2. The van der Waals surface area contributed by atoms with Crippen molar-refractivity contribution in [1.29, 1.82) is 0 Å². The van der Waals surface area contributed by atoms with Crippen LogP contribution < -0.4 is 5.32 Å². The predicted molar refractivity (Wildman–Crippen MR) is 107 cm³/mol. The molecule has 2 amide bonds. The van der Waals surface area contributed by atoms with Crippen molar-refractivity contribution in [3.05, 3.63) is 27.6 Å². The second-order valence-electron chi connectivity index (χ2n) is 6.83. The van der Waals surface area contributed by atoms with Crippen molar-refractivity contribution in [3.63, 3.8) is 0 Å². The fourth-order valence-electron chi connectivity index (χ4n) is 3.35. The smallest absolute Gasteiger partial charge is 0.407 e. The maximum absolute atomic E-state index is 13.1. The normalized spacial score (nSPS) is 18.3. The van der Waals surface area contributed by atoms with Gasteiger partial charge >= 0.3 is 6.09 Å². The molecule has 1 aromatic heterocycles. The van der Waals surface area contributed by atoms with Gasteiger partial charge in [-0.05, 0) is 59.5 Å². The van der Waals surface area contributed by atoms with Crippen molar-refractivity contribution >= 4 is 45.6 Å². The van der Waals surface area contributed by atoms with E-state index in [2.05, 4.69) is 42.6 Å². The van der Waals surface area contributed by atoms with Gasteiger partial charge in [0.25, 0.3) is 0 Å². The van der Waals surface area contributed by atoms with Crippen LogP contribution in [-0.2, 0) is 9.53 Å². The van der Waals surface area contributed by atoms with Crippen molar-refractivity contribution < 1.29 is 14.3 Å². The number of amides is 2. The van der Waals surface area contributed by atoms with Gasteiger partial charge in [-0.3, -0.25) is 4.79 Å². The van der Waals surface area contributed by atoms with Crippen molar-refractivity contribution in [1.82, 2.24) is 20.2 Å². The number of nitrogens with one attached hydrogen (secondary N) is 2. The van der Waals surface area contributed by atoms with Crippen LogP contribution in [0.5, 0.6) is 0 Å². The number of benzene rings is 1. The van der Waals surface area contributed by atoms with Gasteiger partial charge in [0.2, 0.25) is 5.91 Å². The van der Waals surface area contributed by atoms with E-state index in [1.165, 1.54) is 7.11 Å². The van der Waals surface area contributed by atoms with Gasteiger partial charge < -0.3 is 19.9 Å². The van der Waals surface area contributed by atoms with Crippen molar-refractivity contribution in [3.8, 4) is 0 Å². The van der Waals surface area contributed by atoms with Crippen LogP contribution in [-0.4, -0.2) is 46.6 Å². The zero-order valence-electron chi connectivity index (χ0n) is 15.1. The van der Waals surface area contributed by atoms with E-state index in [0.29, 0.717) is 6.54 Å². The van der Waals surface area contributed by atoms with Crippen molar-refractivity contribution in [2.45, 2.75) is 38.8 Å². The second-order valence-corrected chi connectivity index (χ2v) is 8.08. The van der Waals surface area contributed by atoms with Gasteiger partial charge in [0.15, 0.2) is 0 Å². The third-order valence-corrected chi connectivity index (χ3v) is 5.38. The van der Waals surface area contributed by atoms with Crippen LogP contribution >= 0.6 is 22.6 Å². The second kappa shape index (κ2) is 7.81. The summed E-state index contributed by atoms with van der Waals surface area (Å²) in [7, 11) is 1.30. The number of likely N-dealkylation sites (tertiary alicyclic amines) is 1. The van der Waals surface area contributed by atoms with E-state index in [0.717, 1.165) is 33.3 Å². The molecule has 7 nitrogen and oxygen atoms in total. The monoisotopic (exact) mass is 470 g/mol.